The summed E-state index contributed by atoms with van der Waals surface area (Å²) in [7, 11) is 3.78. The summed E-state index contributed by atoms with van der Waals surface area (Å²) in [5.41, 5.74) is 5.38. The molecule has 0 aliphatic rings. The fourth-order valence-electron chi connectivity index (χ4n) is 3.80. The maximum Gasteiger partial charge on any atom is 0.119 e. The Hall–Kier alpha value is -3.79. The number of imidazole rings is 1. The van der Waals surface area contributed by atoms with E-state index in [4.69, 9.17) is 4.74 Å². The number of ether oxygens (including phenoxy) is 1. The fraction of sp³-hybridized carbons (Fsp3) is 0.0800. The molecular weight excluding hydrogens is 358 g/mol. The van der Waals surface area contributed by atoms with Gasteiger partial charge in [0.05, 0.1) is 18.1 Å². The lowest BCUT2D eigenvalue weighted by Crippen LogP contribution is -2.09. The standard InChI is InChI=1S/C25H21N3O/c1-27(24-9-5-7-18-6-3-4-8-22(18)24)20-12-15-25-23(16-20)26-17-28(25)19-10-13-21(29-2)14-11-19/h3-17H,1-2H3. The highest BCUT2D eigenvalue weighted by molar-refractivity contribution is 5.96. The largest absolute Gasteiger partial charge is 0.497 e. The zero-order valence-corrected chi connectivity index (χ0v) is 16.4. The molecule has 0 amide bonds. The molecule has 5 rings (SSSR count). The number of methoxy groups -OCH3 is 1. The quantitative estimate of drug-likeness (QED) is 0.386. The summed E-state index contributed by atoms with van der Waals surface area (Å²) in [5.74, 6) is 0.845. The van der Waals surface area contributed by atoms with Gasteiger partial charge < -0.3 is 9.64 Å². The number of benzene rings is 4. The van der Waals surface area contributed by atoms with Gasteiger partial charge in [0.2, 0.25) is 0 Å². The molecule has 0 saturated carbocycles. The van der Waals surface area contributed by atoms with Crippen LogP contribution in [0.2, 0.25) is 0 Å². The summed E-state index contributed by atoms with van der Waals surface area (Å²) in [6.45, 7) is 0. The molecular formula is C25H21N3O. The molecule has 0 radical (unpaired) electrons. The third-order valence-electron chi connectivity index (χ3n) is 5.40. The van der Waals surface area contributed by atoms with Gasteiger partial charge in [-0.1, -0.05) is 36.4 Å². The third kappa shape index (κ3) is 2.99. The smallest absolute Gasteiger partial charge is 0.119 e. The number of rotatable bonds is 4. The Kier molecular flexibility index (Phi) is 4.17. The van der Waals surface area contributed by atoms with Crippen molar-refractivity contribution in [1.29, 1.82) is 0 Å². The number of nitrogens with zero attached hydrogens (tertiary/aromatic N) is 3. The normalized spacial score (nSPS) is 11.1. The first kappa shape index (κ1) is 17.3. The molecule has 1 heterocycles. The minimum atomic E-state index is 0.845. The summed E-state index contributed by atoms with van der Waals surface area (Å²) >= 11 is 0. The van der Waals surface area contributed by atoms with E-state index >= 15 is 0 Å². The lowest BCUT2D eigenvalue weighted by atomic mass is 10.1. The molecule has 0 spiro atoms. The number of hydrogen-bond acceptors (Lipinski definition) is 3. The second-order valence-electron chi connectivity index (χ2n) is 7.04. The fourth-order valence-corrected chi connectivity index (χ4v) is 3.80. The van der Waals surface area contributed by atoms with Gasteiger partial charge in [-0.3, -0.25) is 4.57 Å². The van der Waals surface area contributed by atoms with E-state index in [1.54, 1.807) is 7.11 Å². The zero-order valence-electron chi connectivity index (χ0n) is 16.4. The van der Waals surface area contributed by atoms with Gasteiger partial charge >= 0.3 is 0 Å². The molecule has 0 fully saturated rings. The first-order valence-electron chi connectivity index (χ1n) is 9.57. The van der Waals surface area contributed by atoms with Crippen molar-refractivity contribution >= 4 is 33.2 Å². The van der Waals surface area contributed by atoms with Crippen molar-refractivity contribution in [1.82, 2.24) is 9.55 Å². The van der Waals surface area contributed by atoms with Gasteiger partial charge in [0.1, 0.15) is 12.1 Å². The molecule has 4 aromatic carbocycles. The van der Waals surface area contributed by atoms with Crippen LogP contribution in [0.25, 0.3) is 27.5 Å². The van der Waals surface area contributed by atoms with Gasteiger partial charge in [-0.2, -0.15) is 0 Å². The van der Waals surface area contributed by atoms with Crippen molar-refractivity contribution in [3.05, 3.63) is 91.3 Å². The van der Waals surface area contributed by atoms with Crippen LogP contribution in [0.1, 0.15) is 0 Å². The van der Waals surface area contributed by atoms with Crippen LogP contribution in [0.15, 0.2) is 91.3 Å². The van der Waals surface area contributed by atoms with Crippen LogP contribution < -0.4 is 9.64 Å². The van der Waals surface area contributed by atoms with Crippen molar-refractivity contribution < 1.29 is 4.74 Å². The number of hydrogen-bond donors (Lipinski definition) is 0. The van der Waals surface area contributed by atoms with Gasteiger partial charge in [0.25, 0.3) is 0 Å². The van der Waals surface area contributed by atoms with Gasteiger partial charge in [-0.15, -0.1) is 0 Å². The van der Waals surface area contributed by atoms with Crippen molar-refractivity contribution in [3.8, 4) is 11.4 Å². The van der Waals surface area contributed by atoms with Crippen LogP contribution >= 0.6 is 0 Å². The van der Waals surface area contributed by atoms with E-state index < -0.39 is 0 Å². The van der Waals surface area contributed by atoms with E-state index in [1.807, 2.05) is 30.6 Å². The molecule has 0 atom stereocenters. The third-order valence-corrected chi connectivity index (χ3v) is 5.40. The Morgan fingerprint density at radius 2 is 1.66 bits per heavy atom. The van der Waals surface area contributed by atoms with Gasteiger partial charge in [-0.05, 0) is 53.9 Å². The van der Waals surface area contributed by atoms with Crippen molar-refractivity contribution in [2.45, 2.75) is 0 Å². The van der Waals surface area contributed by atoms with E-state index in [0.29, 0.717) is 0 Å². The van der Waals surface area contributed by atoms with Gasteiger partial charge in [0, 0.05) is 29.5 Å². The van der Waals surface area contributed by atoms with E-state index in [9.17, 15) is 0 Å². The van der Waals surface area contributed by atoms with Crippen LogP contribution in [0.5, 0.6) is 5.75 Å². The first-order valence-corrected chi connectivity index (χ1v) is 9.57. The highest BCUT2D eigenvalue weighted by atomic mass is 16.5. The van der Waals surface area contributed by atoms with Gasteiger partial charge in [-0.25, -0.2) is 4.98 Å². The first-order chi connectivity index (χ1) is 14.2. The highest BCUT2D eigenvalue weighted by Gasteiger charge is 2.11. The summed E-state index contributed by atoms with van der Waals surface area (Å²) in [6.07, 6.45) is 1.87. The molecule has 0 saturated heterocycles. The minimum absolute atomic E-state index is 0.845. The molecule has 0 N–H and O–H groups in total. The van der Waals surface area contributed by atoms with E-state index in [1.165, 1.54) is 16.5 Å². The monoisotopic (exact) mass is 379 g/mol. The Morgan fingerprint density at radius 1 is 0.862 bits per heavy atom. The Morgan fingerprint density at radius 3 is 2.48 bits per heavy atom. The summed E-state index contributed by atoms with van der Waals surface area (Å²) < 4.78 is 7.35. The molecule has 0 aliphatic carbocycles. The Bertz CT molecular complexity index is 1300. The molecule has 0 bridgehead atoms. The molecule has 4 heteroatoms. The zero-order chi connectivity index (χ0) is 19.8. The molecule has 5 aromatic rings. The van der Waals surface area contributed by atoms with E-state index in [2.05, 4.69) is 82.2 Å². The average molecular weight is 379 g/mol. The molecule has 142 valence electrons. The second-order valence-corrected chi connectivity index (χ2v) is 7.04. The maximum atomic E-state index is 5.26. The number of aromatic nitrogens is 2. The Labute approximate surface area is 169 Å². The van der Waals surface area contributed by atoms with E-state index in [-0.39, 0.29) is 0 Å². The van der Waals surface area contributed by atoms with Crippen LogP contribution in [0.4, 0.5) is 11.4 Å². The van der Waals surface area contributed by atoms with Crippen molar-refractivity contribution in [3.63, 3.8) is 0 Å². The van der Waals surface area contributed by atoms with Crippen molar-refractivity contribution in [2.75, 3.05) is 19.1 Å². The molecule has 29 heavy (non-hydrogen) atoms. The highest BCUT2D eigenvalue weighted by Crippen LogP contribution is 2.32. The average Bonchev–Trinajstić information content (AvgIpc) is 3.21. The summed E-state index contributed by atoms with van der Waals surface area (Å²) in [4.78, 5) is 6.86. The van der Waals surface area contributed by atoms with Crippen LogP contribution in [-0.4, -0.2) is 23.7 Å². The minimum Gasteiger partial charge on any atom is -0.497 e. The number of anilines is 2. The Balaban J connectivity index is 1.55. The molecule has 1 aromatic heterocycles. The van der Waals surface area contributed by atoms with Crippen LogP contribution in [0.3, 0.4) is 0 Å². The summed E-state index contributed by atoms with van der Waals surface area (Å²) in [6, 6.07) is 29.3. The number of fused-ring (bicyclic) bond motifs is 2. The molecule has 0 unspecified atom stereocenters. The van der Waals surface area contributed by atoms with Gasteiger partial charge in [0.15, 0.2) is 0 Å². The predicted octanol–water partition coefficient (Wildman–Crippen LogP) is 5.96. The maximum absolute atomic E-state index is 5.26. The van der Waals surface area contributed by atoms with Crippen LogP contribution in [0, 0.1) is 0 Å². The topological polar surface area (TPSA) is 30.3 Å². The second kappa shape index (κ2) is 6.99. The SMILES string of the molecule is COc1ccc(-n2cnc3cc(N(C)c4cccc5ccccc45)ccc32)cc1. The van der Waals surface area contributed by atoms with Crippen molar-refractivity contribution in [2.24, 2.45) is 0 Å². The van der Waals surface area contributed by atoms with Crippen LogP contribution in [-0.2, 0) is 0 Å². The molecule has 0 aliphatic heterocycles. The van der Waals surface area contributed by atoms with E-state index in [0.717, 1.165) is 28.2 Å². The molecule has 4 nitrogen and oxygen atoms in total. The predicted molar refractivity (Wildman–Crippen MR) is 120 cm³/mol. The summed E-state index contributed by atoms with van der Waals surface area (Å²) in [5, 5.41) is 2.48. The lowest BCUT2D eigenvalue weighted by molar-refractivity contribution is 0.415. The lowest BCUT2D eigenvalue weighted by Gasteiger charge is -2.21.